The van der Waals surface area contributed by atoms with E-state index in [0.29, 0.717) is 11.1 Å². The number of alkyl halides is 2. The molecule has 0 spiro atoms. The number of anilines is 1. The van der Waals surface area contributed by atoms with Crippen LogP contribution in [0.15, 0.2) is 42.5 Å². The summed E-state index contributed by atoms with van der Waals surface area (Å²) in [6, 6.07) is 11.6. The third-order valence-corrected chi connectivity index (χ3v) is 4.01. The first kappa shape index (κ1) is 16.2. The number of carbonyl (C=O) groups is 1. The summed E-state index contributed by atoms with van der Waals surface area (Å²) >= 11 is 0. The van der Waals surface area contributed by atoms with E-state index < -0.39 is 6.61 Å². The van der Waals surface area contributed by atoms with Crippen LogP contribution in [0.4, 0.5) is 14.5 Å². The monoisotopic (exact) mass is 332 g/mol. The van der Waals surface area contributed by atoms with E-state index in [1.54, 1.807) is 25.1 Å². The summed E-state index contributed by atoms with van der Waals surface area (Å²) in [5.74, 6) is -0.121. The third kappa shape index (κ3) is 3.64. The van der Waals surface area contributed by atoms with Crippen molar-refractivity contribution in [3.8, 4) is 5.75 Å². The van der Waals surface area contributed by atoms with E-state index in [2.05, 4.69) is 15.4 Å². The topological polar surface area (TPSA) is 50.4 Å². The molecule has 1 heterocycles. The van der Waals surface area contributed by atoms with Crippen LogP contribution in [0.5, 0.6) is 5.75 Å². The lowest BCUT2D eigenvalue weighted by atomic mass is 10.1. The van der Waals surface area contributed by atoms with E-state index in [1.807, 2.05) is 12.1 Å². The lowest BCUT2D eigenvalue weighted by molar-refractivity contribution is -0.0499. The van der Waals surface area contributed by atoms with Crippen molar-refractivity contribution in [1.82, 2.24) is 5.32 Å². The highest BCUT2D eigenvalue weighted by Crippen LogP contribution is 2.24. The number of rotatable bonds is 5. The molecule has 0 radical (unpaired) electrons. The lowest BCUT2D eigenvalue weighted by Gasteiger charge is -2.16. The van der Waals surface area contributed by atoms with Gasteiger partial charge in [0.15, 0.2) is 0 Å². The second kappa shape index (κ2) is 6.86. The van der Waals surface area contributed by atoms with Crippen molar-refractivity contribution in [2.75, 3.05) is 11.9 Å². The molecule has 1 aliphatic heterocycles. The number of fused-ring (bicyclic) bond motifs is 1. The minimum Gasteiger partial charge on any atom is -0.435 e. The van der Waals surface area contributed by atoms with Crippen molar-refractivity contribution in [3.63, 3.8) is 0 Å². The van der Waals surface area contributed by atoms with Crippen molar-refractivity contribution in [1.29, 1.82) is 0 Å². The highest BCUT2D eigenvalue weighted by Gasteiger charge is 2.16. The predicted octanol–water partition coefficient (Wildman–Crippen LogP) is 3.75. The minimum absolute atomic E-state index is 0.0761. The SMILES string of the molecule is CC(NC(=O)c1ccc2c(c1)CCN2)c1cccc(OC(F)F)c1. The van der Waals surface area contributed by atoms with Crippen LogP contribution < -0.4 is 15.4 Å². The van der Waals surface area contributed by atoms with Gasteiger partial charge in [0.25, 0.3) is 5.91 Å². The van der Waals surface area contributed by atoms with Crippen LogP contribution in [-0.4, -0.2) is 19.1 Å². The van der Waals surface area contributed by atoms with Gasteiger partial charge in [-0.2, -0.15) is 8.78 Å². The van der Waals surface area contributed by atoms with Crippen molar-refractivity contribution >= 4 is 11.6 Å². The molecule has 126 valence electrons. The van der Waals surface area contributed by atoms with E-state index >= 15 is 0 Å². The average Bonchev–Trinajstić information content (AvgIpc) is 3.02. The first-order valence-corrected chi connectivity index (χ1v) is 7.75. The van der Waals surface area contributed by atoms with Gasteiger partial charge in [0.1, 0.15) is 5.75 Å². The Morgan fingerprint density at radius 3 is 2.88 bits per heavy atom. The Hall–Kier alpha value is -2.63. The summed E-state index contributed by atoms with van der Waals surface area (Å²) in [6.07, 6.45) is 0.902. The molecule has 0 fully saturated rings. The van der Waals surface area contributed by atoms with Crippen LogP contribution in [0.25, 0.3) is 0 Å². The number of ether oxygens (including phenoxy) is 1. The summed E-state index contributed by atoms with van der Waals surface area (Å²) in [5.41, 5.74) is 3.48. The maximum atomic E-state index is 12.4. The Morgan fingerprint density at radius 1 is 1.25 bits per heavy atom. The second-order valence-electron chi connectivity index (χ2n) is 5.69. The molecular formula is C18H18F2N2O2. The molecule has 1 amide bonds. The molecule has 1 unspecified atom stereocenters. The fraction of sp³-hybridized carbons (Fsp3) is 0.278. The first-order chi connectivity index (χ1) is 11.5. The highest BCUT2D eigenvalue weighted by atomic mass is 19.3. The van der Waals surface area contributed by atoms with E-state index in [9.17, 15) is 13.6 Å². The molecule has 2 aromatic carbocycles. The minimum atomic E-state index is -2.87. The van der Waals surface area contributed by atoms with Gasteiger partial charge >= 0.3 is 6.61 Å². The van der Waals surface area contributed by atoms with Crippen molar-refractivity contribution in [3.05, 3.63) is 59.2 Å². The number of hydrogen-bond acceptors (Lipinski definition) is 3. The standard InChI is InChI=1S/C18H18F2N2O2/c1-11(12-3-2-4-15(10-12)24-18(19)20)22-17(23)14-5-6-16-13(9-14)7-8-21-16/h2-6,9-11,18,21H,7-8H2,1H3,(H,22,23). The molecule has 0 aliphatic carbocycles. The van der Waals surface area contributed by atoms with Gasteiger partial charge in [-0.1, -0.05) is 12.1 Å². The van der Waals surface area contributed by atoms with Crippen LogP contribution in [-0.2, 0) is 6.42 Å². The average molecular weight is 332 g/mol. The molecule has 0 saturated carbocycles. The van der Waals surface area contributed by atoms with E-state index in [1.165, 1.54) is 12.1 Å². The Morgan fingerprint density at radius 2 is 2.08 bits per heavy atom. The summed E-state index contributed by atoms with van der Waals surface area (Å²) in [4.78, 5) is 12.4. The third-order valence-electron chi connectivity index (χ3n) is 4.01. The Labute approximate surface area is 138 Å². The summed E-state index contributed by atoms with van der Waals surface area (Å²) in [6.45, 7) is -0.188. The normalized spacial score (nSPS) is 14.0. The predicted molar refractivity (Wildman–Crippen MR) is 87.6 cm³/mol. The molecule has 1 atom stereocenters. The zero-order valence-electron chi connectivity index (χ0n) is 13.2. The molecule has 1 aliphatic rings. The second-order valence-corrected chi connectivity index (χ2v) is 5.69. The number of hydrogen-bond donors (Lipinski definition) is 2. The molecule has 0 bridgehead atoms. The molecule has 2 N–H and O–H groups in total. The summed E-state index contributed by atoms with van der Waals surface area (Å²) < 4.78 is 29.0. The van der Waals surface area contributed by atoms with Crippen LogP contribution in [0, 0.1) is 0 Å². The Bertz CT molecular complexity index is 750. The number of carbonyl (C=O) groups excluding carboxylic acids is 1. The van der Waals surface area contributed by atoms with E-state index in [-0.39, 0.29) is 17.7 Å². The molecule has 2 aromatic rings. The molecule has 3 rings (SSSR count). The first-order valence-electron chi connectivity index (χ1n) is 7.75. The summed E-state index contributed by atoms with van der Waals surface area (Å²) in [7, 11) is 0. The Balaban J connectivity index is 1.70. The molecular weight excluding hydrogens is 314 g/mol. The molecule has 24 heavy (non-hydrogen) atoms. The van der Waals surface area contributed by atoms with Crippen LogP contribution in [0.3, 0.4) is 0 Å². The zero-order chi connectivity index (χ0) is 17.1. The van der Waals surface area contributed by atoms with Crippen molar-refractivity contribution in [2.45, 2.75) is 26.0 Å². The fourth-order valence-electron chi connectivity index (χ4n) is 2.77. The smallest absolute Gasteiger partial charge is 0.387 e. The van der Waals surface area contributed by atoms with Crippen molar-refractivity contribution < 1.29 is 18.3 Å². The van der Waals surface area contributed by atoms with Crippen LogP contribution in [0.2, 0.25) is 0 Å². The van der Waals surface area contributed by atoms with Gasteiger partial charge in [0, 0.05) is 17.8 Å². The number of amides is 1. The van der Waals surface area contributed by atoms with Crippen LogP contribution in [0.1, 0.15) is 34.5 Å². The summed E-state index contributed by atoms with van der Waals surface area (Å²) in [5, 5.41) is 6.13. The molecule has 0 saturated heterocycles. The van der Waals surface area contributed by atoms with Gasteiger partial charge in [-0.15, -0.1) is 0 Å². The number of nitrogens with one attached hydrogen (secondary N) is 2. The van der Waals surface area contributed by atoms with Gasteiger partial charge in [-0.25, -0.2) is 0 Å². The van der Waals surface area contributed by atoms with Crippen molar-refractivity contribution in [2.24, 2.45) is 0 Å². The maximum absolute atomic E-state index is 12.4. The van der Waals surface area contributed by atoms with Gasteiger partial charge in [-0.3, -0.25) is 4.79 Å². The quantitative estimate of drug-likeness (QED) is 0.877. The molecule has 4 nitrogen and oxygen atoms in total. The zero-order valence-corrected chi connectivity index (χ0v) is 13.2. The van der Waals surface area contributed by atoms with Gasteiger partial charge in [0.2, 0.25) is 0 Å². The van der Waals surface area contributed by atoms with Gasteiger partial charge < -0.3 is 15.4 Å². The number of halogens is 2. The lowest BCUT2D eigenvalue weighted by Crippen LogP contribution is -2.26. The molecule has 0 aromatic heterocycles. The Kier molecular flexibility index (Phi) is 4.64. The molecule has 6 heteroatoms. The maximum Gasteiger partial charge on any atom is 0.387 e. The fourth-order valence-corrected chi connectivity index (χ4v) is 2.77. The van der Waals surface area contributed by atoms with E-state index in [4.69, 9.17) is 0 Å². The van der Waals surface area contributed by atoms with Crippen LogP contribution >= 0.6 is 0 Å². The largest absolute Gasteiger partial charge is 0.435 e. The van der Waals surface area contributed by atoms with Gasteiger partial charge in [-0.05, 0) is 54.8 Å². The number of benzene rings is 2. The van der Waals surface area contributed by atoms with Gasteiger partial charge in [0.05, 0.1) is 6.04 Å². The van der Waals surface area contributed by atoms with E-state index in [0.717, 1.165) is 24.2 Å². The highest BCUT2D eigenvalue weighted by molar-refractivity contribution is 5.95.